The Hall–Kier alpha value is -3.31. The summed E-state index contributed by atoms with van der Waals surface area (Å²) < 4.78 is 55.7. The van der Waals surface area contributed by atoms with E-state index in [0.29, 0.717) is 11.8 Å². The van der Waals surface area contributed by atoms with Gasteiger partial charge in [-0.3, -0.25) is 9.59 Å². The summed E-state index contributed by atoms with van der Waals surface area (Å²) in [6.45, 7) is -0.294. The number of anilines is 1. The van der Waals surface area contributed by atoms with Crippen LogP contribution in [0.2, 0.25) is 0 Å². The molecule has 3 aromatic rings. The lowest BCUT2D eigenvalue weighted by atomic mass is 10.0. The number of rotatable bonds is 6. The lowest BCUT2D eigenvalue weighted by Gasteiger charge is -2.26. The fraction of sp³-hybridized carbons (Fsp3) is 0.238. The van der Waals surface area contributed by atoms with Crippen LogP contribution in [-0.2, 0) is 30.4 Å². The van der Waals surface area contributed by atoms with Gasteiger partial charge in [-0.25, -0.2) is 13.0 Å². The normalized spacial score (nSPS) is 19.0. The molecule has 2 amide bonds. The molecule has 1 fully saturated rings. The molecule has 0 bridgehead atoms. The molecule has 1 aliphatic heterocycles. The van der Waals surface area contributed by atoms with Crippen LogP contribution in [-0.4, -0.2) is 43.6 Å². The second-order valence-corrected chi connectivity index (χ2v) is 9.11. The third-order valence-corrected chi connectivity index (χ3v) is 5.75. The number of hydrogen-bond donors (Lipinski definition) is 2. The molecule has 1 aliphatic rings. The Bertz CT molecular complexity index is 1300. The minimum Gasteiger partial charge on any atom is -0.361 e. The van der Waals surface area contributed by atoms with Crippen molar-refractivity contribution in [1.29, 1.82) is 0 Å². The number of nitrogens with zero attached hydrogens (tertiary/aromatic N) is 1. The van der Waals surface area contributed by atoms with Crippen molar-refractivity contribution in [3.8, 4) is 0 Å². The maximum Gasteiger partial charge on any atom is 0.270 e. The molecule has 1 aromatic heterocycles. The van der Waals surface area contributed by atoms with Gasteiger partial charge in [-0.2, -0.15) is 8.42 Å². The molecule has 2 N–H and O–H groups in total. The highest BCUT2D eigenvalue weighted by molar-refractivity contribution is 7.86. The first-order valence-corrected chi connectivity index (χ1v) is 11.4. The van der Waals surface area contributed by atoms with E-state index in [-0.39, 0.29) is 25.1 Å². The van der Waals surface area contributed by atoms with Crippen LogP contribution >= 0.6 is 0 Å². The summed E-state index contributed by atoms with van der Waals surface area (Å²) in [5, 5.41) is 3.20. The van der Waals surface area contributed by atoms with Crippen LogP contribution in [0.5, 0.6) is 0 Å². The van der Waals surface area contributed by atoms with Gasteiger partial charge in [0.25, 0.3) is 21.9 Å². The molecule has 4 rings (SSSR count). The monoisotopic (exact) mass is 463 g/mol. The van der Waals surface area contributed by atoms with E-state index in [0.717, 1.165) is 29.3 Å². The van der Waals surface area contributed by atoms with Gasteiger partial charge in [-0.05, 0) is 42.0 Å². The van der Waals surface area contributed by atoms with Gasteiger partial charge in [-0.15, -0.1) is 0 Å². The van der Waals surface area contributed by atoms with E-state index >= 15 is 0 Å². The molecule has 32 heavy (non-hydrogen) atoms. The van der Waals surface area contributed by atoms with Crippen LogP contribution in [0.1, 0.15) is 12.0 Å². The standard InChI is InChI=1S/C21H19F2N3O5S/c1-32(29,30)31-21(19(27)25-12-13-8-15(22)11-16(23)9-13)5-7-26(20(21)28)17-2-3-18-14(10-17)4-6-24-18/h2-4,6,8-11,24H,5,7,12H2,1H3,(H,25,27). The van der Waals surface area contributed by atoms with E-state index in [1.165, 1.54) is 4.90 Å². The van der Waals surface area contributed by atoms with Gasteiger partial charge in [0, 0.05) is 48.4 Å². The van der Waals surface area contributed by atoms with Gasteiger partial charge in [0.2, 0.25) is 5.60 Å². The van der Waals surface area contributed by atoms with Crippen molar-refractivity contribution in [2.24, 2.45) is 0 Å². The zero-order valence-electron chi connectivity index (χ0n) is 16.9. The van der Waals surface area contributed by atoms with Crippen LogP contribution in [0.15, 0.2) is 48.7 Å². The van der Waals surface area contributed by atoms with E-state index in [4.69, 9.17) is 4.18 Å². The predicted molar refractivity (Wildman–Crippen MR) is 112 cm³/mol. The van der Waals surface area contributed by atoms with E-state index in [9.17, 15) is 26.8 Å². The molecule has 1 saturated heterocycles. The van der Waals surface area contributed by atoms with Gasteiger partial charge in [-0.1, -0.05) is 0 Å². The van der Waals surface area contributed by atoms with E-state index < -0.39 is 39.2 Å². The first kappa shape index (κ1) is 21.9. The SMILES string of the molecule is CS(=O)(=O)OC1(C(=O)NCc2cc(F)cc(F)c2)CCN(c2ccc3[nH]ccc3c2)C1=O. The number of aromatic amines is 1. The van der Waals surface area contributed by atoms with Crippen molar-refractivity contribution in [1.82, 2.24) is 10.3 Å². The van der Waals surface area contributed by atoms with E-state index in [1.54, 1.807) is 24.4 Å². The largest absolute Gasteiger partial charge is 0.361 e. The van der Waals surface area contributed by atoms with Crippen molar-refractivity contribution in [2.45, 2.75) is 18.6 Å². The van der Waals surface area contributed by atoms with Gasteiger partial charge >= 0.3 is 0 Å². The molecule has 2 aromatic carbocycles. The molecule has 1 unspecified atom stereocenters. The second-order valence-electron chi connectivity index (χ2n) is 7.53. The molecule has 168 valence electrons. The van der Waals surface area contributed by atoms with Crippen LogP contribution in [0.4, 0.5) is 14.5 Å². The maximum atomic E-state index is 13.4. The number of carbonyl (C=O) groups is 2. The number of amides is 2. The van der Waals surface area contributed by atoms with Crippen molar-refractivity contribution in [3.05, 3.63) is 65.9 Å². The lowest BCUT2D eigenvalue weighted by Crippen LogP contribution is -2.55. The van der Waals surface area contributed by atoms with Crippen molar-refractivity contribution < 1.29 is 31.0 Å². The number of hydrogen-bond acceptors (Lipinski definition) is 5. The summed E-state index contributed by atoms with van der Waals surface area (Å²) in [6, 6.07) is 9.68. The van der Waals surface area contributed by atoms with E-state index in [1.807, 2.05) is 6.07 Å². The fourth-order valence-corrected chi connectivity index (χ4v) is 4.52. The summed E-state index contributed by atoms with van der Waals surface area (Å²) in [5.41, 5.74) is -0.905. The first-order valence-electron chi connectivity index (χ1n) is 9.60. The summed E-state index contributed by atoms with van der Waals surface area (Å²) in [5.74, 6) is -3.53. The van der Waals surface area contributed by atoms with Crippen LogP contribution in [0, 0.1) is 11.6 Å². The number of carbonyl (C=O) groups excluding carboxylic acids is 2. The Morgan fingerprint density at radius 1 is 1.19 bits per heavy atom. The Kier molecular flexibility index (Phi) is 5.47. The minimum atomic E-state index is -4.20. The summed E-state index contributed by atoms with van der Waals surface area (Å²) in [6.07, 6.45) is 2.25. The fourth-order valence-electron chi connectivity index (χ4n) is 3.77. The average Bonchev–Trinajstić information content (AvgIpc) is 3.29. The van der Waals surface area contributed by atoms with E-state index in [2.05, 4.69) is 10.3 Å². The highest BCUT2D eigenvalue weighted by atomic mass is 32.2. The summed E-state index contributed by atoms with van der Waals surface area (Å²) in [7, 11) is -4.20. The quantitative estimate of drug-likeness (QED) is 0.431. The number of halogens is 2. The molecule has 11 heteroatoms. The number of benzene rings is 2. The Balaban J connectivity index is 1.62. The number of aromatic nitrogens is 1. The highest BCUT2D eigenvalue weighted by Gasteiger charge is 2.56. The first-order chi connectivity index (χ1) is 15.1. The molecule has 0 spiro atoms. The molecular weight excluding hydrogens is 444 g/mol. The molecular formula is C21H19F2N3O5S. The molecule has 0 radical (unpaired) electrons. The van der Waals surface area contributed by atoms with Crippen molar-refractivity contribution >= 4 is 38.5 Å². The molecule has 0 aliphatic carbocycles. The summed E-state index contributed by atoms with van der Waals surface area (Å²) >= 11 is 0. The van der Waals surface area contributed by atoms with Crippen LogP contribution in [0.25, 0.3) is 10.9 Å². The molecule has 1 atom stereocenters. The van der Waals surface area contributed by atoms with Gasteiger partial charge < -0.3 is 15.2 Å². The molecule has 2 heterocycles. The molecule has 0 saturated carbocycles. The molecule has 8 nitrogen and oxygen atoms in total. The Labute approximate surface area is 182 Å². The summed E-state index contributed by atoms with van der Waals surface area (Å²) in [4.78, 5) is 30.6. The highest BCUT2D eigenvalue weighted by Crippen LogP contribution is 2.34. The number of H-pyrrole nitrogens is 1. The number of fused-ring (bicyclic) bond motifs is 1. The van der Waals surface area contributed by atoms with Crippen molar-refractivity contribution in [3.63, 3.8) is 0 Å². The average molecular weight is 463 g/mol. The zero-order chi connectivity index (χ0) is 23.1. The van der Waals surface area contributed by atoms with Gasteiger partial charge in [0.1, 0.15) is 11.6 Å². The second kappa shape index (κ2) is 7.99. The Morgan fingerprint density at radius 3 is 2.59 bits per heavy atom. The lowest BCUT2D eigenvalue weighted by molar-refractivity contribution is -0.146. The maximum absolute atomic E-state index is 13.4. The Morgan fingerprint density at radius 2 is 1.91 bits per heavy atom. The van der Waals surface area contributed by atoms with Gasteiger partial charge in [0.15, 0.2) is 0 Å². The minimum absolute atomic E-state index is 0.0340. The third kappa shape index (κ3) is 4.21. The number of nitrogens with one attached hydrogen (secondary N) is 2. The van der Waals surface area contributed by atoms with Crippen molar-refractivity contribution in [2.75, 3.05) is 17.7 Å². The van der Waals surface area contributed by atoms with Gasteiger partial charge in [0.05, 0.1) is 6.26 Å². The zero-order valence-corrected chi connectivity index (χ0v) is 17.7. The smallest absolute Gasteiger partial charge is 0.270 e. The van der Waals surface area contributed by atoms with Crippen LogP contribution in [0.3, 0.4) is 0 Å². The predicted octanol–water partition coefficient (Wildman–Crippen LogP) is 2.21. The topological polar surface area (TPSA) is 109 Å². The third-order valence-electron chi connectivity index (χ3n) is 5.16. The van der Waals surface area contributed by atoms with Crippen LogP contribution < -0.4 is 10.2 Å².